The first-order valence-corrected chi connectivity index (χ1v) is 10.0. The molecule has 1 aliphatic rings. The second-order valence-corrected chi connectivity index (χ2v) is 8.27. The Kier molecular flexibility index (Phi) is 7.16. The summed E-state index contributed by atoms with van der Waals surface area (Å²) >= 11 is 0. The molecule has 7 heteroatoms. The maximum atomic E-state index is 12.8. The van der Waals surface area contributed by atoms with Crippen molar-refractivity contribution >= 4 is 23.7 Å². The topological polar surface area (TPSA) is 84.0 Å². The van der Waals surface area contributed by atoms with E-state index in [9.17, 15) is 19.2 Å². The molecule has 7 nitrogen and oxygen atoms in total. The number of esters is 1. The van der Waals surface area contributed by atoms with Crippen LogP contribution in [0.1, 0.15) is 68.7 Å². The summed E-state index contributed by atoms with van der Waals surface area (Å²) in [5.74, 6) is -2.03. The maximum absolute atomic E-state index is 12.8. The van der Waals surface area contributed by atoms with Crippen LogP contribution in [0.2, 0.25) is 0 Å². The lowest BCUT2D eigenvalue weighted by molar-refractivity contribution is -0.157. The van der Waals surface area contributed by atoms with E-state index in [1.165, 1.54) is 0 Å². The van der Waals surface area contributed by atoms with Crippen molar-refractivity contribution in [3.8, 4) is 0 Å². The molecule has 0 spiro atoms. The monoisotopic (exact) mass is 402 g/mol. The summed E-state index contributed by atoms with van der Waals surface area (Å²) in [6, 6.07) is 5.34. The minimum Gasteiger partial charge on any atom is -0.454 e. The lowest BCUT2D eigenvalue weighted by Crippen LogP contribution is -2.48. The number of carbonyl (C=O) groups is 4. The van der Waals surface area contributed by atoms with E-state index < -0.39 is 30.4 Å². The number of hydrogen-bond acceptors (Lipinski definition) is 5. The Morgan fingerprint density at radius 3 is 1.83 bits per heavy atom. The van der Waals surface area contributed by atoms with E-state index >= 15 is 0 Å². The third-order valence-electron chi connectivity index (χ3n) is 4.84. The summed E-state index contributed by atoms with van der Waals surface area (Å²) in [6.07, 6.45) is 0.260. The summed E-state index contributed by atoms with van der Waals surface area (Å²) in [5, 5.41) is 0. The van der Waals surface area contributed by atoms with E-state index in [4.69, 9.17) is 4.74 Å². The molecule has 1 aromatic carbocycles. The molecule has 2 rings (SSSR count). The van der Waals surface area contributed by atoms with E-state index in [0.29, 0.717) is 0 Å². The van der Waals surface area contributed by atoms with E-state index in [0.717, 1.165) is 4.90 Å². The van der Waals surface area contributed by atoms with Crippen molar-refractivity contribution in [2.45, 2.75) is 66.1 Å². The largest absolute Gasteiger partial charge is 0.454 e. The van der Waals surface area contributed by atoms with Gasteiger partial charge in [-0.2, -0.15) is 0 Å². The van der Waals surface area contributed by atoms with Crippen molar-refractivity contribution in [3.05, 3.63) is 35.4 Å². The third-order valence-corrected chi connectivity index (χ3v) is 4.84. The third kappa shape index (κ3) is 4.83. The van der Waals surface area contributed by atoms with Crippen LogP contribution in [-0.4, -0.2) is 58.2 Å². The molecule has 3 amide bonds. The summed E-state index contributed by atoms with van der Waals surface area (Å²) in [6.45, 7) is 10.9. The highest BCUT2D eigenvalue weighted by molar-refractivity contribution is 6.22. The second kappa shape index (κ2) is 9.20. The number of nitrogens with zero attached hydrogens (tertiary/aromatic N) is 2. The number of hydrogen-bond donors (Lipinski definition) is 0. The molecule has 0 aliphatic carbocycles. The predicted molar refractivity (Wildman–Crippen MR) is 108 cm³/mol. The maximum Gasteiger partial charge on any atom is 0.329 e. The van der Waals surface area contributed by atoms with Gasteiger partial charge in [0, 0.05) is 12.1 Å². The highest BCUT2D eigenvalue weighted by Gasteiger charge is 2.43. The van der Waals surface area contributed by atoms with Crippen LogP contribution < -0.4 is 0 Å². The highest BCUT2D eigenvalue weighted by Crippen LogP contribution is 2.27. The van der Waals surface area contributed by atoms with Crippen molar-refractivity contribution in [2.75, 3.05) is 6.61 Å². The minimum atomic E-state index is -1.07. The molecule has 0 N–H and O–H groups in total. The van der Waals surface area contributed by atoms with E-state index in [1.807, 2.05) is 41.5 Å². The number of ether oxygens (including phenoxy) is 1. The first kappa shape index (κ1) is 22.6. The van der Waals surface area contributed by atoms with Crippen LogP contribution in [0.5, 0.6) is 0 Å². The summed E-state index contributed by atoms with van der Waals surface area (Å²) in [7, 11) is 0. The molecule has 1 atom stereocenters. The Balaban J connectivity index is 2.19. The molecular formula is C22H30N2O5. The average molecular weight is 402 g/mol. The number of amides is 3. The van der Waals surface area contributed by atoms with Gasteiger partial charge in [0.05, 0.1) is 11.1 Å². The van der Waals surface area contributed by atoms with Gasteiger partial charge in [-0.3, -0.25) is 19.3 Å². The zero-order valence-electron chi connectivity index (χ0n) is 18.0. The van der Waals surface area contributed by atoms with Crippen LogP contribution in [-0.2, 0) is 14.3 Å². The number of rotatable bonds is 8. The molecule has 0 saturated carbocycles. The molecule has 1 aromatic rings. The molecule has 1 aliphatic heterocycles. The van der Waals surface area contributed by atoms with Gasteiger partial charge in [0.1, 0.15) is 6.04 Å². The van der Waals surface area contributed by atoms with Gasteiger partial charge in [-0.25, -0.2) is 4.79 Å². The van der Waals surface area contributed by atoms with Gasteiger partial charge >= 0.3 is 5.97 Å². The van der Waals surface area contributed by atoms with Crippen LogP contribution in [0, 0.1) is 5.92 Å². The van der Waals surface area contributed by atoms with Gasteiger partial charge in [-0.1, -0.05) is 26.0 Å². The van der Waals surface area contributed by atoms with E-state index in [1.54, 1.807) is 29.2 Å². The first-order chi connectivity index (χ1) is 13.6. The Hall–Kier alpha value is -2.70. The molecule has 0 fully saturated rings. The Labute approximate surface area is 172 Å². The summed E-state index contributed by atoms with van der Waals surface area (Å²) in [5.41, 5.74) is 0.557. The van der Waals surface area contributed by atoms with Gasteiger partial charge in [0.2, 0.25) is 0 Å². The second-order valence-electron chi connectivity index (χ2n) is 8.27. The van der Waals surface area contributed by atoms with Gasteiger partial charge in [0.15, 0.2) is 6.61 Å². The van der Waals surface area contributed by atoms with Gasteiger partial charge < -0.3 is 9.64 Å². The lowest BCUT2D eigenvalue weighted by atomic mass is 10.0. The first-order valence-electron chi connectivity index (χ1n) is 10.0. The molecule has 0 aromatic heterocycles. The normalized spacial score (nSPS) is 14.6. The fraction of sp³-hybridized carbons (Fsp3) is 0.545. The zero-order chi connectivity index (χ0) is 21.9. The standard InChI is InChI=1S/C22H30N2O5/c1-13(2)11-18(22(28)29-12-19(25)23(14(3)4)15(5)6)24-20(26)16-9-7-8-10-17(16)21(24)27/h7-10,13-15,18H,11-12H2,1-6H3. The smallest absolute Gasteiger partial charge is 0.329 e. The fourth-order valence-electron chi connectivity index (χ4n) is 3.72. The zero-order valence-corrected chi connectivity index (χ0v) is 18.0. The van der Waals surface area contributed by atoms with Crippen molar-refractivity contribution in [1.82, 2.24) is 9.80 Å². The Morgan fingerprint density at radius 1 is 0.931 bits per heavy atom. The average Bonchev–Trinajstić information content (AvgIpc) is 2.88. The van der Waals surface area contributed by atoms with Crippen molar-refractivity contribution in [1.29, 1.82) is 0 Å². The molecule has 0 bridgehead atoms. The highest BCUT2D eigenvalue weighted by atomic mass is 16.5. The number of fused-ring (bicyclic) bond motifs is 1. The number of carbonyl (C=O) groups excluding carboxylic acids is 4. The van der Waals surface area contributed by atoms with Gasteiger partial charge in [-0.05, 0) is 52.2 Å². The van der Waals surface area contributed by atoms with Crippen molar-refractivity contribution < 1.29 is 23.9 Å². The Morgan fingerprint density at radius 2 is 1.41 bits per heavy atom. The van der Waals surface area contributed by atoms with Crippen molar-refractivity contribution in [3.63, 3.8) is 0 Å². The molecule has 1 unspecified atom stereocenters. The van der Waals surface area contributed by atoms with Gasteiger partial charge in [-0.15, -0.1) is 0 Å². The molecule has 158 valence electrons. The fourth-order valence-corrected chi connectivity index (χ4v) is 3.72. The number of benzene rings is 1. The SMILES string of the molecule is CC(C)CC(C(=O)OCC(=O)N(C(C)C)C(C)C)N1C(=O)c2ccccc2C1=O. The quantitative estimate of drug-likeness (QED) is 0.493. The van der Waals surface area contributed by atoms with Crippen LogP contribution in [0.3, 0.4) is 0 Å². The summed E-state index contributed by atoms with van der Waals surface area (Å²) < 4.78 is 5.28. The summed E-state index contributed by atoms with van der Waals surface area (Å²) in [4.78, 5) is 53.5. The van der Waals surface area contributed by atoms with E-state index in [-0.39, 0.29) is 41.5 Å². The number of imide groups is 1. The van der Waals surface area contributed by atoms with Crippen LogP contribution in [0.4, 0.5) is 0 Å². The van der Waals surface area contributed by atoms with Crippen LogP contribution in [0.15, 0.2) is 24.3 Å². The Bertz CT molecular complexity index is 757. The van der Waals surface area contributed by atoms with Gasteiger partial charge in [0.25, 0.3) is 17.7 Å². The molecular weight excluding hydrogens is 372 g/mol. The molecule has 29 heavy (non-hydrogen) atoms. The lowest BCUT2D eigenvalue weighted by Gasteiger charge is -2.31. The molecule has 0 saturated heterocycles. The van der Waals surface area contributed by atoms with E-state index in [2.05, 4.69) is 0 Å². The van der Waals surface area contributed by atoms with Crippen LogP contribution in [0.25, 0.3) is 0 Å². The van der Waals surface area contributed by atoms with Crippen molar-refractivity contribution in [2.24, 2.45) is 5.92 Å². The minimum absolute atomic E-state index is 0.0374. The molecule has 0 radical (unpaired) electrons. The van der Waals surface area contributed by atoms with Crippen LogP contribution >= 0.6 is 0 Å². The predicted octanol–water partition coefficient (Wildman–Crippen LogP) is 2.89. The molecule has 1 heterocycles.